The maximum atomic E-state index is 11.8. The molecular formula is C61H80B2Cl5I3MgN7O12P. The minimum absolute atomic E-state index is 0. The average molecular weight is 1740 g/mol. The predicted octanol–water partition coefficient (Wildman–Crippen LogP) is 11.7. The quantitative estimate of drug-likeness (QED) is 0.00829. The van der Waals surface area contributed by atoms with Gasteiger partial charge in [-0.05, 0) is 304 Å². The van der Waals surface area contributed by atoms with Gasteiger partial charge in [-0.2, -0.15) is 13.8 Å². The zero-order valence-electron chi connectivity index (χ0n) is 53.6. The van der Waals surface area contributed by atoms with Crippen LogP contribution in [0.2, 0.25) is 0 Å². The number of carbonyl (C=O) groups excluding carboxylic acids is 4. The van der Waals surface area contributed by atoms with E-state index in [1.165, 1.54) is 22.0 Å². The molecule has 4 aromatic carbocycles. The zero-order chi connectivity index (χ0) is 67.6. The van der Waals surface area contributed by atoms with E-state index in [2.05, 4.69) is 152 Å². The fraction of sp³-hybridized carbons (Fsp3) is 0.459. The Labute approximate surface area is 624 Å². The summed E-state index contributed by atoms with van der Waals surface area (Å²) in [7, 11) is -2.03. The second-order valence-electron chi connectivity index (χ2n) is 22.1. The number of hydrogen-bond acceptors (Lipinski definition) is 17. The summed E-state index contributed by atoms with van der Waals surface area (Å²) in [6.45, 7) is 23.8. The Hall–Kier alpha value is -2.03. The van der Waals surface area contributed by atoms with Crippen molar-refractivity contribution in [3.8, 4) is 22.9 Å². The largest absolute Gasteiger partial charge is 2.00 e. The molecule has 2 aromatic heterocycles. The molecule has 4 fully saturated rings. The number of rotatable bonds is 17. The van der Waals surface area contributed by atoms with Crippen molar-refractivity contribution in [3.05, 3.63) is 135 Å². The molecule has 0 atom stereocenters. The molecule has 19 nitrogen and oxygen atoms in total. The molecular weight excluding hydrogens is 1660 g/mol. The number of amides is 2. The third kappa shape index (κ3) is 36.5. The van der Waals surface area contributed by atoms with Gasteiger partial charge in [0.15, 0.2) is 5.78 Å². The van der Waals surface area contributed by atoms with Crippen LogP contribution in [-0.4, -0.2) is 116 Å². The Bertz CT molecular complexity index is 3270. The van der Waals surface area contributed by atoms with Gasteiger partial charge >= 0.3 is 42.7 Å². The van der Waals surface area contributed by atoms with Crippen molar-refractivity contribution in [2.45, 2.75) is 165 Å². The van der Waals surface area contributed by atoms with Crippen LogP contribution in [0.15, 0.2) is 81.6 Å². The van der Waals surface area contributed by atoms with E-state index in [-0.39, 0.29) is 95.0 Å². The number of carbonyl (C=O) groups is 4. The van der Waals surface area contributed by atoms with E-state index in [1.807, 2.05) is 119 Å². The molecule has 4 aliphatic rings. The van der Waals surface area contributed by atoms with Crippen molar-refractivity contribution < 1.29 is 69.0 Å². The van der Waals surface area contributed by atoms with Crippen LogP contribution in [0.5, 0.6) is 0 Å². The van der Waals surface area contributed by atoms with Crippen LogP contribution in [0.4, 0.5) is 0 Å². The van der Waals surface area contributed by atoms with E-state index in [9.17, 15) is 33.8 Å². The molecule has 6 aromatic rings. The van der Waals surface area contributed by atoms with Gasteiger partial charge < -0.3 is 57.0 Å². The first kappa shape index (κ1) is 88.0. The molecule has 6 N–H and O–H groups in total. The number of nitrogen functional groups attached to an aromatic ring is 1. The minimum atomic E-state index is -3.22. The van der Waals surface area contributed by atoms with Crippen LogP contribution in [0.1, 0.15) is 173 Å². The monoisotopic (exact) mass is 1740 g/mol. The van der Waals surface area contributed by atoms with E-state index < -0.39 is 19.6 Å². The molecule has 31 heteroatoms. The van der Waals surface area contributed by atoms with E-state index in [0.717, 1.165) is 73.8 Å². The Balaban J connectivity index is 0.000000546. The summed E-state index contributed by atoms with van der Waals surface area (Å²) in [6, 6.07) is 22.5. The molecule has 2 heterocycles. The third-order valence-electron chi connectivity index (χ3n) is 12.5. The molecule has 0 spiro atoms. The predicted molar refractivity (Wildman–Crippen MR) is 390 cm³/mol. The van der Waals surface area contributed by atoms with Crippen LogP contribution in [0.25, 0.3) is 22.9 Å². The van der Waals surface area contributed by atoms with Gasteiger partial charge in [-0.15, -0.1) is 20.4 Å². The van der Waals surface area contributed by atoms with Crippen LogP contribution >= 0.6 is 118 Å². The Morgan fingerprint density at radius 2 is 0.989 bits per heavy atom. The van der Waals surface area contributed by atoms with Crippen molar-refractivity contribution in [1.82, 2.24) is 31.1 Å². The molecule has 92 heavy (non-hydrogen) atoms. The van der Waals surface area contributed by atoms with Crippen molar-refractivity contribution >= 4 is 184 Å². The second-order valence-corrected chi connectivity index (χ2v) is 32.6. The first-order chi connectivity index (χ1) is 42.2. The summed E-state index contributed by atoms with van der Waals surface area (Å²) in [5, 5.41) is 34.0. The summed E-state index contributed by atoms with van der Waals surface area (Å²) in [5.41, 5.74) is 9.86. The zero-order valence-corrected chi connectivity index (χ0v) is 66.1. The number of nitrogens with two attached hydrogens (primary N) is 1. The number of hydrazine groups is 1. The normalized spacial score (nSPS) is 13.4. The van der Waals surface area contributed by atoms with Gasteiger partial charge in [-0.3, -0.25) is 29.2 Å². The summed E-state index contributed by atoms with van der Waals surface area (Å²) in [4.78, 5) is 44.2. The third-order valence-corrected chi connectivity index (χ3v) is 16.3. The Morgan fingerprint density at radius 1 is 0.630 bits per heavy atom. The van der Waals surface area contributed by atoms with Crippen LogP contribution < -0.4 is 34.5 Å². The summed E-state index contributed by atoms with van der Waals surface area (Å²) in [6.07, 6.45) is 10.9. The number of Topliss-reactive ketones (excluding diaryl/α,β-unsaturated/α-hetero) is 1. The number of nitrogens with zero attached hydrogens (tertiary/aromatic N) is 4. The van der Waals surface area contributed by atoms with Crippen LogP contribution in [0.3, 0.4) is 0 Å². The van der Waals surface area contributed by atoms with Crippen LogP contribution in [0, 0.1) is 56.7 Å². The number of halogens is 8. The van der Waals surface area contributed by atoms with Gasteiger partial charge in [-0.25, -0.2) is 5.84 Å². The van der Waals surface area contributed by atoms with E-state index in [1.54, 1.807) is 24.3 Å². The molecule has 4 aliphatic carbocycles. The van der Waals surface area contributed by atoms with Gasteiger partial charge in [0.05, 0.1) is 6.54 Å². The van der Waals surface area contributed by atoms with Crippen LogP contribution in [-0.2, 0) is 28.1 Å². The smallest absolute Gasteiger partial charge is 1.00 e. The average Bonchev–Trinajstić information content (AvgIpc) is 1.89. The Morgan fingerprint density at radius 3 is 1.30 bits per heavy atom. The molecule has 0 radical (unpaired) electrons. The van der Waals surface area contributed by atoms with Gasteiger partial charge in [0.1, 0.15) is 0 Å². The number of aromatic nitrogens is 4. The van der Waals surface area contributed by atoms with Gasteiger partial charge in [0.2, 0.25) is 28.8 Å². The number of hydrogen-bond donors (Lipinski definition) is 5. The van der Waals surface area contributed by atoms with Crippen molar-refractivity contribution in [1.29, 1.82) is 0 Å². The second kappa shape index (κ2) is 44.8. The number of benzene rings is 4. The number of aryl methyl sites for hydroxylation is 4. The molecule has 0 saturated heterocycles. The summed E-state index contributed by atoms with van der Waals surface area (Å²) in [5.74, 6) is 8.63. The van der Waals surface area contributed by atoms with Gasteiger partial charge in [-0.1, -0.05) is 29.8 Å². The van der Waals surface area contributed by atoms with Crippen molar-refractivity contribution in [2.75, 3.05) is 6.54 Å². The van der Waals surface area contributed by atoms with E-state index in [4.69, 9.17) is 40.2 Å². The van der Waals surface area contributed by atoms with Gasteiger partial charge in [0.25, 0.3) is 11.8 Å². The molecule has 0 unspecified atom stereocenters. The fourth-order valence-corrected chi connectivity index (χ4v) is 8.68. The minimum Gasteiger partial charge on any atom is -1.00 e. The number of ketones is 1. The SMILES string of the molecule is CC(C)OB(OC(C)C)OC(C)C.C[CH-]C.Cc1ccc(-c2nnc(C3CC3)o2)cc1B(O)O.Cc1ccc(-c2nnc(C3CC3)o2)cc1I.Cc1ccc(C(=O)NCC(=O)C2CC2)cc1I.Cc1ccc(C(=O)NN)cc1I.O=C(Cl)C1CC1.O=P(Cl)(Cl)Cl.[Cl-].[Mg+2]. The first-order valence-electron chi connectivity index (χ1n) is 29.1. The van der Waals surface area contributed by atoms with Crippen molar-refractivity contribution in [3.63, 3.8) is 0 Å². The molecule has 0 aliphatic heterocycles. The van der Waals surface area contributed by atoms with E-state index >= 15 is 0 Å². The summed E-state index contributed by atoms with van der Waals surface area (Å²) < 4.78 is 40.4. The maximum Gasteiger partial charge on any atom is 2.00 e. The van der Waals surface area contributed by atoms with E-state index in [0.29, 0.717) is 51.7 Å². The molecule has 500 valence electrons. The molecule has 0 bridgehead atoms. The Kier molecular flexibility index (Phi) is 42.8. The first-order valence-corrected chi connectivity index (χ1v) is 37.1. The topological polar surface area (TPSA) is 281 Å². The fourth-order valence-electron chi connectivity index (χ4n) is 6.91. The standard InChI is InChI=1S/C13H14INO2.C12H13BN2O3.C12H11IN2O.C9H21BO3.C8H9IN2O.C4H5ClO.C3H7.Cl3OP.ClH.Mg/c1-8-2-3-10(6-11(8)14)13(17)15-7-12(16)9-4-5-9;1-7-2-3-9(6-10(7)13(16)17)12-15-14-11(18-12)8-4-5-8;1-7-2-3-9(6-10(7)13)12-15-14-11(16-12)8-4-5-8;1-7(2)11-10(12-8(3)4)13-9(5)6;1-5-2-3-6(4-7(5)9)8(12)11-10;5-4(6)3-1-2-3;1-3-2;1-5(2,3)4;;/h2-3,6,9H,4-5,7H2,1H3,(H,15,17);2-3,6,8,16-17H,4-5H2,1H3;2-3,6,8H,4-5H2,1H3;7-9H,1-6H3;2-4H,10H2,1H3,(H,11,12);3H,1-2H2;3H,1-2H3;;1H;/q;;;;;;-1;;;+2/p-1. The maximum absolute atomic E-state index is 11.8. The molecule has 4 saturated carbocycles. The van der Waals surface area contributed by atoms with Gasteiger partial charge in [0, 0.05) is 74.9 Å². The summed E-state index contributed by atoms with van der Waals surface area (Å²) >= 11 is 25.6. The number of nitrogens with one attached hydrogen (secondary N) is 2. The molecule has 2 amide bonds. The van der Waals surface area contributed by atoms with Crippen molar-refractivity contribution in [2.24, 2.45) is 17.7 Å². The molecule has 10 rings (SSSR count).